The molecule has 0 saturated heterocycles. The summed E-state index contributed by atoms with van der Waals surface area (Å²) in [6.07, 6.45) is 5.39. The minimum atomic E-state index is -0.788. The number of carbonyl (C=O) groups is 2. The molecule has 0 aliphatic carbocycles. The first-order valence-corrected chi connectivity index (χ1v) is 9.64. The molecule has 1 atom stereocenters. The Balaban J connectivity index is 2.13. The highest BCUT2D eigenvalue weighted by atomic mass is 35.5. The van der Waals surface area contributed by atoms with Crippen LogP contribution in [0.3, 0.4) is 0 Å². The number of anilines is 1. The quantitative estimate of drug-likeness (QED) is 0.512. The molecule has 0 spiro atoms. The van der Waals surface area contributed by atoms with Crippen molar-refractivity contribution in [1.82, 2.24) is 10.3 Å². The van der Waals surface area contributed by atoms with Gasteiger partial charge in [-0.3, -0.25) is 24.7 Å². The summed E-state index contributed by atoms with van der Waals surface area (Å²) in [5.74, 6) is -0.296. The van der Waals surface area contributed by atoms with Crippen molar-refractivity contribution < 1.29 is 14.5 Å². The minimum absolute atomic E-state index is 0.0557. The Hall–Kier alpha value is -2.65. The van der Waals surface area contributed by atoms with Crippen molar-refractivity contribution in [2.45, 2.75) is 12.5 Å². The molecule has 2 aromatic rings. The summed E-state index contributed by atoms with van der Waals surface area (Å²) in [6, 6.07) is 6.04. The molecule has 2 N–H and O–H groups in total. The van der Waals surface area contributed by atoms with Crippen molar-refractivity contribution in [2.24, 2.45) is 0 Å². The van der Waals surface area contributed by atoms with E-state index in [9.17, 15) is 19.7 Å². The molecule has 0 radical (unpaired) electrons. The molecule has 1 aromatic heterocycles. The average Bonchev–Trinajstić information content (AvgIpc) is 2.65. The van der Waals surface area contributed by atoms with Gasteiger partial charge in [-0.1, -0.05) is 11.6 Å². The van der Waals surface area contributed by atoms with Gasteiger partial charge >= 0.3 is 0 Å². The first-order chi connectivity index (χ1) is 12.9. The van der Waals surface area contributed by atoms with E-state index in [4.69, 9.17) is 11.6 Å². The number of carbonyl (C=O) groups excluding carboxylic acids is 2. The number of pyridine rings is 1. The number of thioether (sulfide) groups is 1. The smallest absolute Gasteiger partial charge is 0.270 e. The fourth-order valence-corrected chi connectivity index (χ4v) is 2.94. The topological polar surface area (TPSA) is 114 Å². The minimum Gasteiger partial charge on any atom is -0.340 e. The summed E-state index contributed by atoms with van der Waals surface area (Å²) in [5, 5.41) is 16.1. The standard InChI is InChI=1S/C17H17ClN4O4S/c1-27-9-6-15(17(24)20-11-4-7-19-8-5-11)21-16(23)13-3-2-12(22(25)26)10-14(13)18/h2-5,7-8,10,15H,6,9H2,1H3,(H,21,23)(H,19,20,24)/t15-/m0/s1. The molecule has 0 bridgehead atoms. The van der Waals surface area contributed by atoms with Crippen molar-refractivity contribution in [2.75, 3.05) is 17.3 Å². The van der Waals surface area contributed by atoms with Gasteiger partial charge in [-0.2, -0.15) is 11.8 Å². The molecular formula is C17H17ClN4O4S. The number of rotatable bonds is 8. The number of aromatic nitrogens is 1. The molecule has 0 fully saturated rings. The zero-order valence-corrected chi connectivity index (χ0v) is 15.9. The van der Waals surface area contributed by atoms with Crippen LogP contribution in [0.4, 0.5) is 11.4 Å². The number of nitro benzene ring substituents is 1. The van der Waals surface area contributed by atoms with Crippen molar-refractivity contribution in [3.63, 3.8) is 0 Å². The second kappa shape index (κ2) is 9.89. The third kappa shape index (κ3) is 5.93. The molecule has 0 unspecified atom stereocenters. The van der Waals surface area contributed by atoms with E-state index in [0.717, 1.165) is 6.07 Å². The Kier molecular flexibility index (Phi) is 7.56. The molecule has 0 aliphatic rings. The van der Waals surface area contributed by atoms with Crippen molar-refractivity contribution >= 4 is 46.6 Å². The lowest BCUT2D eigenvalue weighted by molar-refractivity contribution is -0.384. The molecule has 10 heteroatoms. The highest BCUT2D eigenvalue weighted by Gasteiger charge is 2.23. The van der Waals surface area contributed by atoms with E-state index in [-0.39, 0.29) is 22.2 Å². The van der Waals surface area contributed by atoms with E-state index in [1.165, 1.54) is 12.1 Å². The van der Waals surface area contributed by atoms with Crippen LogP contribution < -0.4 is 10.6 Å². The lowest BCUT2D eigenvalue weighted by Gasteiger charge is -2.18. The van der Waals surface area contributed by atoms with E-state index in [0.29, 0.717) is 17.9 Å². The monoisotopic (exact) mass is 408 g/mol. The summed E-state index contributed by atoms with van der Waals surface area (Å²) in [4.78, 5) is 39.1. The van der Waals surface area contributed by atoms with Crippen molar-refractivity contribution in [1.29, 1.82) is 0 Å². The van der Waals surface area contributed by atoms with Crippen LogP contribution in [0.15, 0.2) is 42.7 Å². The number of nitrogens with one attached hydrogen (secondary N) is 2. The molecule has 8 nitrogen and oxygen atoms in total. The van der Waals surface area contributed by atoms with Crippen LogP contribution >= 0.6 is 23.4 Å². The summed E-state index contributed by atoms with van der Waals surface area (Å²) in [7, 11) is 0. The van der Waals surface area contributed by atoms with Crippen LogP contribution in [0.1, 0.15) is 16.8 Å². The Morgan fingerprint density at radius 3 is 2.59 bits per heavy atom. The second-order valence-electron chi connectivity index (χ2n) is 5.45. The predicted molar refractivity (Wildman–Crippen MR) is 105 cm³/mol. The number of nitro groups is 1. The fraction of sp³-hybridized carbons (Fsp3) is 0.235. The third-order valence-corrected chi connectivity index (χ3v) is 4.55. The highest BCUT2D eigenvalue weighted by Crippen LogP contribution is 2.22. The Bertz CT molecular complexity index is 835. The predicted octanol–water partition coefficient (Wildman–Crippen LogP) is 3.13. The van der Waals surface area contributed by atoms with Crippen LogP contribution in [0.2, 0.25) is 5.02 Å². The van der Waals surface area contributed by atoms with E-state index >= 15 is 0 Å². The third-order valence-electron chi connectivity index (χ3n) is 3.59. The van der Waals surface area contributed by atoms with Gasteiger partial charge in [0.1, 0.15) is 6.04 Å². The largest absolute Gasteiger partial charge is 0.340 e. The lowest BCUT2D eigenvalue weighted by atomic mass is 10.1. The van der Waals surface area contributed by atoms with Crippen LogP contribution in [-0.4, -0.2) is 39.8 Å². The van der Waals surface area contributed by atoms with Crippen LogP contribution in [0.5, 0.6) is 0 Å². The van der Waals surface area contributed by atoms with Crippen LogP contribution in [-0.2, 0) is 4.79 Å². The maximum Gasteiger partial charge on any atom is 0.270 e. The SMILES string of the molecule is CSCC[C@H](NC(=O)c1ccc([N+](=O)[O-])cc1Cl)C(=O)Nc1ccncc1. The van der Waals surface area contributed by atoms with Gasteiger partial charge in [0.15, 0.2) is 0 Å². The van der Waals surface area contributed by atoms with Gasteiger partial charge in [0.25, 0.3) is 11.6 Å². The molecule has 27 heavy (non-hydrogen) atoms. The maximum absolute atomic E-state index is 12.5. The van der Waals surface area contributed by atoms with Crippen LogP contribution in [0, 0.1) is 10.1 Å². The molecule has 1 heterocycles. The van der Waals surface area contributed by atoms with Gasteiger partial charge < -0.3 is 10.6 Å². The summed E-state index contributed by atoms with van der Waals surface area (Å²) < 4.78 is 0. The van der Waals surface area contributed by atoms with Gasteiger partial charge in [-0.25, -0.2) is 0 Å². The van der Waals surface area contributed by atoms with E-state index in [1.54, 1.807) is 36.3 Å². The maximum atomic E-state index is 12.5. The molecule has 0 aliphatic heterocycles. The van der Waals surface area contributed by atoms with Gasteiger partial charge in [0.2, 0.25) is 5.91 Å². The summed E-state index contributed by atoms with van der Waals surface area (Å²) in [6.45, 7) is 0. The number of hydrogen-bond donors (Lipinski definition) is 2. The van der Waals surface area contributed by atoms with Gasteiger partial charge in [-0.05, 0) is 36.6 Å². The lowest BCUT2D eigenvalue weighted by Crippen LogP contribution is -2.44. The summed E-state index contributed by atoms with van der Waals surface area (Å²) >= 11 is 7.53. The first-order valence-electron chi connectivity index (χ1n) is 7.87. The number of non-ortho nitro benzene ring substituents is 1. The highest BCUT2D eigenvalue weighted by molar-refractivity contribution is 7.98. The number of halogens is 1. The van der Waals surface area contributed by atoms with E-state index in [2.05, 4.69) is 15.6 Å². The average molecular weight is 409 g/mol. The molecule has 0 saturated carbocycles. The van der Waals surface area contributed by atoms with Crippen LogP contribution in [0.25, 0.3) is 0 Å². The van der Waals surface area contributed by atoms with Gasteiger partial charge in [0.05, 0.1) is 15.5 Å². The van der Waals surface area contributed by atoms with Gasteiger partial charge in [-0.15, -0.1) is 0 Å². The zero-order chi connectivity index (χ0) is 19.8. The number of amides is 2. The second-order valence-corrected chi connectivity index (χ2v) is 6.85. The molecule has 142 valence electrons. The van der Waals surface area contributed by atoms with E-state index in [1.807, 2.05) is 6.26 Å². The Morgan fingerprint density at radius 1 is 1.30 bits per heavy atom. The molecule has 2 amide bonds. The molecule has 2 rings (SSSR count). The molecule has 1 aromatic carbocycles. The summed E-state index contributed by atoms with van der Waals surface area (Å²) in [5.41, 5.74) is 0.408. The molecular weight excluding hydrogens is 392 g/mol. The number of hydrogen-bond acceptors (Lipinski definition) is 6. The van der Waals surface area contributed by atoms with E-state index < -0.39 is 16.9 Å². The number of nitrogens with zero attached hydrogens (tertiary/aromatic N) is 2. The van der Waals surface area contributed by atoms with Crippen molar-refractivity contribution in [3.8, 4) is 0 Å². The number of benzene rings is 1. The fourth-order valence-electron chi connectivity index (χ4n) is 2.21. The normalized spacial score (nSPS) is 11.5. The zero-order valence-electron chi connectivity index (χ0n) is 14.3. The Labute approximate surface area is 164 Å². The van der Waals surface area contributed by atoms with Gasteiger partial charge in [0, 0.05) is 30.2 Å². The first kappa shape index (κ1) is 20.7. The Morgan fingerprint density at radius 2 is 2.00 bits per heavy atom. The van der Waals surface area contributed by atoms with Crippen molar-refractivity contribution in [3.05, 3.63) is 63.4 Å².